The lowest BCUT2D eigenvalue weighted by atomic mass is 10.3. The molecule has 0 heterocycles. The van der Waals surface area contributed by atoms with Crippen molar-refractivity contribution in [1.29, 1.82) is 0 Å². The van der Waals surface area contributed by atoms with E-state index >= 15 is 0 Å². The van der Waals surface area contributed by atoms with Crippen LogP contribution >= 0.6 is 0 Å². The summed E-state index contributed by atoms with van der Waals surface area (Å²) in [6, 6.07) is 0. The normalized spacial score (nSPS) is 12.0. The molecule has 0 aliphatic heterocycles. The molecule has 0 aliphatic carbocycles. The van der Waals surface area contributed by atoms with E-state index in [0.29, 0.717) is 79.1 Å². The van der Waals surface area contributed by atoms with Gasteiger partial charge in [0.05, 0.1) is 78.8 Å². The third-order valence-corrected chi connectivity index (χ3v) is 34.9. The molecule has 0 radical (unpaired) electrons. The smallest absolute Gasteiger partial charge is 0.312 e. The predicted molar refractivity (Wildman–Crippen MR) is 408 cm³/mol. The first-order chi connectivity index (χ1) is 35.6. The van der Waals surface area contributed by atoms with Crippen LogP contribution in [0.3, 0.4) is 0 Å². The number of aliphatic hydroxyl groups excluding tert-OH is 1. The van der Waals surface area contributed by atoms with E-state index in [9.17, 15) is 5.11 Å². The van der Waals surface area contributed by atoms with Crippen molar-refractivity contribution in [2.45, 2.75) is 269 Å². The number of nitrogens with one attached hydrogen (secondary N) is 1. The lowest BCUT2D eigenvalue weighted by Gasteiger charge is -2.39. The summed E-state index contributed by atoms with van der Waals surface area (Å²) in [7, 11) is -7.93. The zero-order chi connectivity index (χ0) is 61.6. The molecule has 0 saturated heterocycles. The number of hydrogen-bond acceptors (Lipinski definition) is 17. The molecule has 4 N–H and O–H groups in total. The highest BCUT2D eigenvalue weighted by molar-refractivity contribution is 6.90. The molecule has 25 heteroatoms. The summed E-state index contributed by atoms with van der Waals surface area (Å²) >= 11 is 0. The van der Waals surface area contributed by atoms with Gasteiger partial charge in [0, 0.05) is 32.8 Å². The Morgan fingerprint density at radius 2 is 0.640 bits per heavy atom. The van der Waals surface area contributed by atoms with Gasteiger partial charge in [-0.1, -0.05) is 106 Å². The van der Waals surface area contributed by atoms with Gasteiger partial charge in [-0.2, -0.15) is 0 Å². The monoisotopic (exact) mass is 1390 g/mol. The highest BCUT2D eigenvalue weighted by atomic mass is 28.5. The summed E-state index contributed by atoms with van der Waals surface area (Å²) in [5, 5.41) is 12.5. The van der Waals surface area contributed by atoms with Gasteiger partial charge in [-0.15, -0.1) is 0 Å². The highest BCUT2D eigenvalue weighted by Crippen LogP contribution is 2.25. The van der Waals surface area contributed by atoms with Crippen molar-refractivity contribution in [2.24, 2.45) is 5.73 Å². The van der Waals surface area contributed by atoms with Crippen LogP contribution in [-0.2, 0) is 53.1 Å². The van der Waals surface area contributed by atoms with Crippen LogP contribution in [0.5, 0.6) is 0 Å². The van der Waals surface area contributed by atoms with Crippen molar-refractivity contribution in [3.8, 4) is 0 Å². The fourth-order valence-corrected chi connectivity index (χ4v) is 42.6. The van der Waals surface area contributed by atoms with E-state index in [2.05, 4.69) is 188 Å². The van der Waals surface area contributed by atoms with E-state index in [0.717, 1.165) is 39.1 Å². The molecule has 0 bridgehead atoms. The van der Waals surface area contributed by atoms with Gasteiger partial charge < -0.3 is 79.1 Å². The van der Waals surface area contributed by atoms with Gasteiger partial charge in [0.25, 0.3) is 0 Å². The molecular formula is C61H168N4O13Si8. The van der Waals surface area contributed by atoms with Gasteiger partial charge in [-0.3, -0.25) is 0 Å². The Morgan fingerprint density at radius 3 is 0.884 bits per heavy atom. The van der Waals surface area contributed by atoms with Crippen LogP contribution in [0.2, 0.25) is 131 Å². The van der Waals surface area contributed by atoms with E-state index in [1.807, 2.05) is 6.92 Å². The van der Waals surface area contributed by atoms with Gasteiger partial charge in [-0.25, -0.2) is 0 Å². The SMILES string of the molecule is C.C.C.C.C.C.C.C.CCCCN(C)CCN(C)C.CCCCNCCN.CCCCOCCOCCOCCOCCOCCOCC(O)CC.C[Si](C)(C)O[Si](C)(C)O[Si](C)(C)O[Si](C)(C)C.C[Si](C)(C)O[Si](C)(C)O[Si](C)(C)O[Si](C)(C)C. The van der Waals surface area contributed by atoms with E-state index < -0.39 is 67.5 Å². The van der Waals surface area contributed by atoms with E-state index in [4.69, 9.17) is 58.8 Å². The number of nitrogens with two attached hydrogens (primary N) is 1. The van der Waals surface area contributed by atoms with Crippen LogP contribution in [0.25, 0.3) is 0 Å². The first-order valence-corrected chi connectivity index (χ1v) is 54.6. The molecule has 0 aromatic carbocycles. The molecule has 0 rings (SSSR count). The Labute approximate surface area is 552 Å². The molecule has 0 spiro atoms. The van der Waals surface area contributed by atoms with Crippen LogP contribution in [0, 0.1) is 0 Å². The minimum atomic E-state index is -2.05. The van der Waals surface area contributed by atoms with Crippen molar-refractivity contribution in [3.63, 3.8) is 0 Å². The Kier molecular flexibility index (Phi) is 92.2. The number of nitrogens with zero attached hydrogens (tertiary/aromatic N) is 2. The Morgan fingerprint density at radius 1 is 0.360 bits per heavy atom. The van der Waals surface area contributed by atoms with Crippen molar-refractivity contribution in [1.82, 2.24) is 15.1 Å². The predicted octanol–water partition coefficient (Wildman–Crippen LogP) is 16.6. The second-order valence-corrected chi connectivity index (χ2v) is 58.6. The lowest BCUT2D eigenvalue weighted by molar-refractivity contribution is -0.0239. The summed E-state index contributed by atoms with van der Waals surface area (Å²) in [6.45, 7) is 65.2. The third-order valence-electron chi connectivity index (χ3n) is 9.33. The fraction of sp³-hybridized carbons (Fsp3) is 1.00. The lowest BCUT2D eigenvalue weighted by Crippen LogP contribution is -2.55. The summed E-state index contributed by atoms with van der Waals surface area (Å²) in [5.74, 6) is 0. The van der Waals surface area contributed by atoms with Crippen LogP contribution in [-0.4, -0.2) is 228 Å². The summed E-state index contributed by atoms with van der Waals surface area (Å²) in [6.07, 6.45) is 7.73. The third kappa shape index (κ3) is 110. The van der Waals surface area contributed by atoms with Gasteiger partial charge in [0.1, 0.15) is 0 Å². The number of rotatable bonds is 44. The van der Waals surface area contributed by atoms with E-state index in [-0.39, 0.29) is 65.5 Å². The van der Waals surface area contributed by atoms with Crippen molar-refractivity contribution in [3.05, 3.63) is 0 Å². The second kappa shape index (κ2) is 67.5. The van der Waals surface area contributed by atoms with Gasteiger partial charge >= 0.3 is 34.2 Å². The average Bonchev–Trinajstić information content (AvgIpc) is 3.23. The summed E-state index contributed by atoms with van der Waals surface area (Å²) < 4.78 is 69.5. The van der Waals surface area contributed by atoms with E-state index in [1.165, 1.54) is 45.3 Å². The Hall–Kier alpha value is 1.06. The average molecular weight is 1390 g/mol. The molecular weight excluding hydrogens is 1220 g/mol. The topological polar surface area (TPSA) is 176 Å². The largest absolute Gasteiger partial charge is 0.437 e. The molecule has 0 aromatic rings. The van der Waals surface area contributed by atoms with Gasteiger partial charge in [0.2, 0.25) is 0 Å². The first kappa shape index (κ1) is 118. The van der Waals surface area contributed by atoms with Crippen LogP contribution in [0.15, 0.2) is 0 Å². The zero-order valence-corrected chi connectivity index (χ0v) is 64.6. The molecule has 0 aromatic heterocycles. The molecule has 86 heavy (non-hydrogen) atoms. The second-order valence-electron chi connectivity index (χ2n) is 25.6. The standard InChI is InChI=1S/C18H38O7.2C10H30O3Si4.C9H22N2.C6H16N2.8CH4/c1-3-5-6-20-7-8-21-9-10-22-11-12-23-13-14-24-15-16-25-17-18(19)4-2;2*1-14(2,3)11-16(7,8)13-17(9,10)12-15(4,5)6;1-5-6-7-11(4)9-8-10(2)3;1-2-3-5-8-6-4-7;;;;;;;;/h18-19H,3-17H2,1-2H3;2*1-10H3;5-9H2,1-4H3;8H,2-7H2,1H3;8*1H4. The highest BCUT2D eigenvalue weighted by Gasteiger charge is 2.42. The zero-order valence-electron chi connectivity index (χ0n) is 56.6. The maximum absolute atomic E-state index is 9.29. The van der Waals surface area contributed by atoms with Crippen molar-refractivity contribution in [2.75, 3.05) is 140 Å². The number of unbranched alkanes of at least 4 members (excludes halogenated alkanes) is 3. The van der Waals surface area contributed by atoms with Gasteiger partial charge in [-0.05, 0) is 191 Å². The fourth-order valence-electron chi connectivity index (χ4n) is 7.34. The van der Waals surface area contributed by atoms with Crippen molar-refractivity contribution >= 4 is 67.5 Å². The number of aliphatic hydroxyl groups is 1. The van der Waals surface area contributed by atoms with E-state index in [1.54, 1.807) is 0 Å². The molecule has 1 unspecified atom stereocenters. The van der Waals surface area contributed by atoms with Crippen LogP contribution in [0.1, 0.15) is 132 Å². The molecule has 0 saturated carbocycles. The first-order valence-electron chi connectivity index (χ1n) is 29.7. The quantitative estimate of drug-likeness (QED) is 0.0388. The summed E-state index contributed by atoms with van der Waals surface area (Å²) in [4.78, 5) is 4.62. The number of ether oxygens (including phenoxy) is 6. The van der Waals surface area contributed by atoms with Gasteiger partial charge in [0.15, 0.2) is 33.3 Å². The van der Waals surface area contributed by atoms with Crippen LogP contribution in [0.4, 0.5) is 0 Å². The van der Waals surface area contributed by atoms with Crippen molar-refractivity contribution < 1.29 is 58.2 Å². The molecule has 0 amide bonds. The summed E-state index contributed by atoms with van der Waals surface area (Å²) in [5.41, 5.74) is 5.25. The minimum absolute atomic E-state index is 0. The Bertz CT molecular complexity index is 1190. The molecule has 0 fully saturated rings. The minimum Gasteiger partial charge on any atom is -0.437 e. The number of likely N-dealkylation sites (N-methyl/N-ethyl adjacent to an activating group) is 2. The molecule has 17 nitrogen and oxygen atoms in total. The Balaban J connectivity index is -0.0000000717. The molecule has 542 valence electrons. The number of hydrogen-bond donors (Lipinski definition) is 3. The van der Waals surface area contributed by atoms with Crippen LogP contribution < -0.4 is 11.1 Å². The maximum atomic E-state index is 9.29. The molecule has 0 aliphatic rings. The maximum Gasteiger partial charge on any atom is 0.312 e. The molecule has 1 atom stereocenters.